The lowest BCUT2D eigenvalue weighted by atomic mass is 9.78. The van der Waals surface area contributed by atoms with Gasteiger partial charge in [-0.3, -0.25) is 19.7 Å². The summed E-state index contributed by atoms with van der Waals surface area (Å²) in [6.45, 7) is 3.41. The first-order valence-electron chi connectivity index (χ1n) is 7.33. The van der Waals surface area contributed by atoms with Crippen LogP contribution in [0.2, 0.25) is 0 Å². The molecule has 3 aliphatic heterocycles. The molecule has 2 amide bonds. The van der Waals surface area contributed by atoms with Crippen molar-refractivity contribution in [1.29, 1.82) is 0 Å². The van der Waals surface area contributed by atoms with Gasteiger partial charge in [-0.05, 0) is 19.9 Å². The number of hydrogen-bond donors (Lipinski definition) is 0. The number of hydrogen-bond acceptors (Lipinski definition) is 5. The summed E-state index contributed by atoms with van der Waals surface area (Å²) in [6, 6.07) is 4.40. The van der Waals surface area contributed by atoms with Crippen LogP contribution >= 0.6 is 0 Å². The number of imide groups is 1. The van der Waals surface area contributed by atoms with Crippen LogP contribution in [0.3, 0.4) is 0 Å². The molecule has 7 nitrogen and oxygen atoms in total. The van der Waals surface area contributed by atoms with E-state index in [4.69, 9.17) is 4.74 Å². The summed E-state index contributed by atoms with van der Waals surface area (Å²) in [5, 5.41) is 11.1. The van der Waals surface area contributed by atoms with E-state index < -0.39 is 28.5 Å². The third-order valence-corrected chi connectivity index (χ3v) is 4.98. The van der Waals surface area contributed by atoms with Crippen LogP contribution in [0.4, 0.5) is 11.4 Å². The minimum Gasteiger partial charge on any atom is -0.362 e. The normalized spacial score (nSPS) is 34.3. The molecule has 3 aliphatic rings. The van der Waals surface area contributed by atoms with E-state index in [0.29, 0.717) is 5.56 Å². The smallest absolute Gasteiger partial charge is 0.274 e. The second-order valence-corrected chi connectivity index (χ2v) is 6.37. The summed E-state index contributed by atoms with van der Waals surface area (Å²) in [7, 11) is 0. The first-order chi connectivity index (χ1) is 10.8. The Balaban J connectivity index is 1.78. The third kappa shape index (κ3) is 1.68. The van der Waals surface area contributed by atoms with Gasteiger partial charge in [0.05, 0.1) is 34.2 Å². The standard InChI is InChI=1S/C16H14N2O5/c1-8-3-4-9(7-10(8)18(21)22)17-14(19)12-11-5-6-16(2,23-11)13(12)15(17)20/h3-7,11-13H,1-2H3/t11-,12-,13-,16-/m1/s1. The lowest BCUT2D eigenvalue weighted by Gasteiger charge is -2.24. The molecule has 2 saturated heterocycles. The van der Waals surface area contributed by atoms with Crippen LogP contribution in [-0.4, -0.2) is 28.4 Å². The molecule has 0 aliphatic carbocycles. The minimum absolute atomic E-state index is 0.108. The first kappa shape index (κ1) is 14.1. The Labute approximate surface area is 131 Å². The second kappa shape index (κ2) is 4.26. The maximum atomic E-state index is 12.8. The Hall–Kier alpha value is -2.54. The van der Waals surface area contributed by atoms with E-state index >= 15 is 0 Å². The summed E-state index contributed by atoms with van der Waals surface area (Å²) in [5.41, 5.74) is -0.151. The molecular formula is C16H14N2O5. The molecule has 2 bridgehead atoms. The monoisotopic (exact) mass is 314 g/mol. The molecule has 118 valence electrons. The van der Waals surface area contributed by atoms with E-state index in [1.54, 1.807) is 26.0 Å². The molecule has 1 aromatic rings. The molecule has 0 spiro atoms. The molecule has 0 saturated carbocycles. The Morgan fingerprint density at radius 3 is 2.70 bits per heavy atom. The van der Waals surface area contributed by atoms with Crippen molar-refractivity contribution in [2.24, 2.45) is 11.8 Å². The van der Waals surface area contributed by atoms with Gasteiger partial charge in [-0.15, -0.1) is 0 Å². The molecule has 0 N–H and O–H groups in total. The van der Waals surface area contributed by atoms with Crippen molar-refractivity contribution < 1.29 is 19.2 Å². The van der Waals surface area contributed by atoms with Gasteiger partial charge in [0.25, 0.3) is 5.69 Å². The molecule has 0 unspecified atom stereocenters. The molecule has 1 aromatic carbocycles. The van der Waals surface area contributed by atoms with E-state index in [0.717, 1.165) is 4.90 Å². The largest absolute Gasteiger partial charge is 0.362 e. The number of nitro benzene ring substituents is 1. The van der Waals surface area contributed by atoms with Crippen molar-refractivity contribution in [2.75, 3.05) is 4.90 Å². The number of carbonyl (C=O) groups excluding carboxylic acids is 2. The van der Waals surface area contributed by atoms with Crippen molar-refractivity contribution >= 4 is 23.2 Å². The second-order valence-electron chi connectivity index (χ2n) is 6.37. The van der Waals surface area contributed by atoms with Crippen LogP contribution in [0.1, 0.15) is 12.5 Å². The number of carbonyl (C=O) groups is 2. The number of fused-ring (bicyclic) bond motifs is 5. The zero-order chi connectivity index (χ0) is 16.5. The van der Waals surface area contributed by atoms with Crippen molar-refractivity contribution in [3.05, 3.63) is 46.0 Å². The fourth-order valence-electron chi connectivity index (χ4n) is 3.84. The topological polar surface area (TPSA) is 89.8 Å². The van der Waals surface area contributed by atoms with Crippen LogP contribution in [0.15, 0.2) is 30.4 Å². The van der Waals surface area contributed by atoms with Crippen LogP contribution in [0, 0.1) is 28.9 Å². The number of nitrogens with zero attached hydrogens (tertiary/aromatic N) is 2. The number of ether oxygens (including phenoxy) is 1. The fraction of sp³-hybridized carbons (Fsp3) is 0.375. The maximum absolute atomic E-state index is 12.8. The highest BCUT2D eigenvalue weighted by Gasteiger charge is 2.66. The number of rotatable bonds is 2. The quantitative estimate of drug-likeness (QED) is 0.359. The molecule has 0 radical (unpaired) electrons. The van der Waals surface area contributed by atoms with Gasteiger partial charge in [0.15, 0.2) is 0 Å². The van der Waals surface area contributed by atoms with E-state index in [2.05, 4.69) is 0 Å². The summed E-state index contributed by atoms with van der Waals surface area (Å²) in [6.07, 6.45) is 3.24. The summed E-state index contributed by atoms with van der Waals surface area (Å²) < 4.78 is 5.75. The molecule has 23 heavy (non-hydrogen) atoms. The first-order valence-corrected chi connectivity index (χ1v) is 7.33. The van der Waals surface area contributed by atoms with Crippen molar-refractivity contribution in [3.63, 3.8) is 0 Å². The van der Waals surface area contributed by atoms with Gasteiger partial charge in [0, 0.05) is 11.6 Å². The number of benzene rings is 1. The van der Waals surface area contributed by atoms with Gasteiger partial charge in [0.1, 0.15) is 0 Å². The van der Waals surface area contributed by atoms with Crippen molar-refractivity contribution in [2.45, 2.75) is 25.6 Å². The number of amides is 2. The van der Waals surface area contributed by atoms with E-state index in [1.807, 2.05) is 12.2 Å². The van der Waals surface area contributed by atoms with Gasteiger partial charge in [-0.25, -0.2) is 4.90 Å². The third-order valence-electron chi connectivity index (χ3n) is 4.98. The summed E-state index contributed by atoms with van der Waals surface area (Å²) >= 11 is 0. The van der Waals surface area contributed by atoms with Gasteiger partial charge >= 0.3 is 0 Å². The highest BCUT2D eigenvalue weighted by atomic mass is 16.6. The van der Waals surface area contributed by atoms with Crippen LogP contribution in [-0.2, 0) is 14.3 Å². The maximum Gasteiger partial charge on any atom is 0.274 e. The summed E-state index contributed by atoms with van der Waals surface area (Å²) in [4.78, 5) is 37.2. The predicted molar refractivity (Wildman–Crippen MR) is 79.7 cm³/mol. The minimum atomic E-state index is -0.770. The predicted octanol–water partition coefficient (Wildman–Crippen LogP) is 1.74. The molecule has 4 atom stereocenters. The molecular weight excluding hydrogens is 300 g/mol. The molecule has 4 rings (SSSR count). The Morgan fingerprint density at radius 1 is 1.30 bits per heavy atom. The number of anilines is 1. The van der Waals surface area contributed by atoms with Crippen LogP contribution in [0.25, 0.3) is 0 Å². The Kier molecular flexibility index (Phi) is 2.61. The molecule has 2 fully saturated rings. The number of aryl methyl sites for hydroxylation is 1. The lowest BCUT2D eigenvalue weighted by Crippen LogP contribution is -2.38. The van der Waals surface area contributed by atoms with Crippen LogP contribution < -0.4 is 4.90 Å². The van der Waals surface area contributed by atoms with E-state index in [9.17, 15) is 19.7 Å². The van der Waals surface area contributed by atoms with Gasteiger partial charge < -0.3 is 4.74 Å². The number of nitro groups is 1. The summed E-state index contributed by atoms with van der Waals surface area (Å²) in [5.74, 6) is -1.81. The Bertz CT molecular complexity index is 802. The van der Waals surface area contributed by atoms with Gasteiger partial charge in [0.2, 0.25) is 11.8 Å². The van der Waals surface area contributed by atoms with Crippen LogP contribution in [0.5, 0.6) is 0 Å². The molecule has 3 heterocycles. The van der Waals surface area contributed by atoms with Gasteiger partial charge in [-0.2, -0.15) is 0 Å². The molecule has 0 aromatic heterocycles. The average molecular weight is 314 g/mol. The van der Waals surface area contributed by atoms with E-state index in [1.165, 1.54) is 6.07 Å². The van der Waals surface area contributed by atoms with Crippen molar-refractivity contribution in [1.82, 2.24) is 0 Å². The van der Waals surface area contributed by atoms with E-state index in [-0.39, 0.29) is 23.2 Å². The van der Waals surface area contributed by atoms with Crippen molar-refractivity contribution in [3.8, 4) is 0 Å². The molecule has 7 heteroatoms. The van der Waals surface area contributed by atoms with Gasteiger partial charge in [-0.1, -0.05) is 18.2 Å². The lowest BCUT2D eigenvalue weighted by molar-refractivity contribution is -0.385. The Morgan fingerprint density at radius 2 is 2.04 bits per heavy atom. The average Bonchev–Trinajstić information content (AvgIpc) is 3.09. The highest BCUT2D eigenvalue weighted by Crippen LogP contribution is 2.52. The highest BCUT2D eigenvalue weighted by molar-refractivity contribution is 6.23. The fourth-order valence-corrected chi connectivity index (χ4v) is 3.84. The zero-order valence-corrected chi connectivity index (χ0v) is 12.6. The SMILES string of the molecule is Cc1ccc(N2C(=O)[C@@H]3[C@H]4C=C[C@@](C)(O4)[C@H]3C2=O)cc1[N+](=O)[O-]. The zero-order valence-electron chi connectivity index (χ0n) is 12.6.